The molecule has 0 saturated carbocycles. The van der Waals surface area contributed by atoms with E-state index in [-0.39, 0.29) is 0 Å². The predicted octanol–water partition coefficient (Wildman–Crippen LogP) is 1.52. The van der Waals surface area contributed by atoms with E-state index < -0.39 is 6.10 Å². The molecule has 4 heteroatoms. The second-order valence-electron chi connectivity index (χ2n) is 3.83. The molecule has 0 aliphatic carbocycles. The molecule has 0 fully saturated rings. The highest BCUT2D eigenvalue weighted by Crippen LogP contribution is 2.32. The fourth-order valence-corrected chi connectivity index (χ4v) is 1.82. The van der Waals surface area contributed by atoms with Gasteiger partial charge >= 0.3 is 0 Å². The number of hydrogen-bond donors (Lipinski definition) is 2. The van der Waals surface area contributed by atoms with Crippen molar-refractivity contribution in [1.29, 1.82) is 0 Å². The lowest BCUT2D eigenvalue weighted by Crippen LogP contribution is -2.17. The van der Waals surface area contributed by atoms with Crippen molar-refractivity contribution in [2.45, 2.75) is 19.4 Å². The van der Waals surface area contributed by atoms with Gasteiger partial charge in [0.15, 0.2) is 0 Å². The largest absolute Gasteiger partial charge is 0.496 e. The third-order valence-corrected chi connectivity index (χ3v) is 2.77. The van der Waals surface area contributed by atoms with Crippen molar-refractivity contribution in [3.8, 4) is 11.5 Å². The normalized spacial score (nSPS) is 12.3. The molecule has 0 aliphatic rings. The molecule has 0 spiro atoms. The average Bonchev–Trinajstić information content (AvgIpc) is 2.37. The number of benzene rings is 1. The van der Waals surface area contributed by atoms with Gasteiger partial charge < -0.3 is 19.9 Å². The van der Waals surface area contributed by atoms with Gasteiger partial charge in [-0.3, -0.25) is 0 Å². The summed E-state index contributed by atoms with van der Waals surface area (Å²) in [5.74, 6) is 1.49. The first-order valence-corrected chi connectivity index (χ1v) is 5.75. The van der Waals surface area contributed by atoms with Gasteiger partial charge in [-0.05, 0) is 31.2 Å². The third-order valence-electron chi connectivity index (χ3n) is 2.77. The summed E-state index contributed by atoms with van der Waals surface area (Å²) in [6.45, 7) is 2.53. The summed E-state index contributed by atoms with van der Waals surface area (Å²) in [6.07, 6.45) is 0.261. The summed E-state index contributed by atoms with van der Waals surface area (Å²) in [4.78, 5) is 0. The minimum atomic E-state index is -0.602. The van der Waals surface area contributed by atoms with Crippen LogP contribution in [0.25, 0.3) is 0 Å². The first-order valence-electron chi connectivity index (χ1n) is 5.75. The van der Waals surface area contributed by atoms with Crippen molar-refractivity contribution in [2.24, 2.45) is 0 Å². The fourth-order valence-electron chi connectivity index (χ4n) is 1.82. The molecule has 2 N–H and O–H groups in total. The van der Waals surface area contributed by atoms with Crippen LogP contribution < -0.4 is 14.8 Å². The summed E-state index contributed by atoms with van der Waals surface area (Å²) in [5.41, 5.74) is 1.82. The van der Waals surface area contributed by atoms with E-state index in [2.05, 4.69) is 12.2 Å². The van der Waals surface area contributed by atoms with Gasteiger partial charge in [-0.2, -0.15) is 0 Å². The number of rotatable bonds is 6. The van der Waals surface area contributed by atoms with Gasteiger partial charge in [0.05, 0.1) is 20.3 Å². The number of likely N-dealkylation sites (N-methyl/N-ethyl adjacent to an activating group) is 1. The van der Waals surface area contributed by atoms with E-state index in [0.717, 1.165) is 23.3 Å². The summed E-state index contributed by atoms with van der Waals surface area (Å²) >= 11 is 0. The van der Waals surface area contributed by atoms with E-state index in [1.54, 1.807) is 21.3 Å². The number of ether oxygens (including phenoxy) is 2. The van der Waals surface area contributed by atoms with Crippen LogP contribution in [0, 0.1) is 0 Å². The van der Waals surface area contributed by atoms with Gasteiger partial charge in [0.2, 0.25) is 0 Å². The van der Waals surface area contributed by atoms with Gasteiger partial charge in [0.1, 0.15) is 11.5 Å². The number of hydrogen-bond acceptors (Lipinski definition) is 4. The summed E-state index contributed by atoms with van der Waals surface area (Å²) in [7, 11) is 5.04. The second kappa shape index (κ2) is 6.47. The van der Waals surface area contributed by atoms with Crippen molar-refractivity contribution in [3.05, 3.63) is 23.3 Å². The molecule has 17 heavy (non-hydrogen) atoms. The van der Waals surface area contributed by atoms with Crippen molar-refractivity contribution >= 4 is 0 Å². The highest BCUT2D eigenvalue weighted by Gasteiger charge is 2.16. The van der Waals surface area contributed by atoms with Crippen LogP contribution in [0.2, 0.25) is 0 Å². The lowest BCUT2D eigenvalue weighted by molar-refractivity contribution is 0.173. The summed E-state index contributed by atoms with van der Waals surface area (Å²) in [5, 5.41) is 13.0. The van der Waals surface area contributed by atoms with Crippen LogP contribution in [0.3, 0.4) is 0 Å². The van der Waals surface area contributed by atoms with Gasteiger partial charge in [-0.15, -0.1) is 0 Å². The molecule has 0 amide bonds. The fraction of sp³-hybridized carbons (Fsp3) is 0.538. The zero-order valence-electron chi connectivity index (χ0n) is 10.9. The lowest BCUT2D eigenvalue weighted by Gasteiger charge is -2.17. The monoisotopic (exact) mass is 239 g/mol. The van der Waals surface area contributed by atoms with Gasteiger partial charge in [0, 0.05) is 12.1 Å². The molecule has 1 unspecified atom stereocenters. The number of aryl methyl sites for hydroxylation is 1. The zero-order valence-corrected chi connectivity index (χ0v) is 10.9. The highest BCUT2D eigenvalue weighted by molar-refractivity contribution is 5.47. The first kappa shape index (κ1) is 13.8. The quantitative estimate of drug-likeness (QED) is 0.790. The molecule has 0 aliphatic heterocycles. The molecule has 1 atom stereocenters. The molecule has 0 bridgehead atoms. The highest BCUT2D eigenvalue weighted by atomic mass is 16.5. The molecule has 1 rings (SSSR count). The Labute approximate surface area is 103 Å². The summed E-state index contributed by atoms with van der Waals surface area (Å²) in [6, 6.07) is 3.77. The number of aliphatic hydroxyl groups is 1. The van der Waals surface area contributed by atoms with E-state index in [1.165, 1.54) is 0 Å². The van der Waals surface area contributed by atoms with E-state index in [0.29, 0.717) is 12.3 Å². The van der Waals surface area contributed by atoms with Crippen LogP contribution in [0.5, 0.6) is 11.5 Å². The van der Waals surface area contributed by atoms with E-state index in [4.69, 9.17) is 9.47 Å². The minimum Gasteiger partial charge on any atom is -0.496 e. The van der Waals surface area contributed by atoms with Gasteiger partial charge in [0.25, 0.3) is 0 Å². The van der Waals surface area contributed by atoms with Crippen molar-refractivity contribution in [3.63, 3.8) is 0 Å². The molecule has 4 nitrogen and oxygen atoms in total. The van der Waals surface area contributed by atoms with Crippen LogP contribution in [-0.4, -0.2) is 32.9 Å². The Bertz CT molecular complexity index is 366. The molecule has 1 aromatic carbocycles. The molecule has 96 valence electrons. The average molecular weight is 239 g/mol. The molecule has 0 aromatic heterocycles. The van der Waals surface area contributed by atoms with E-state index in [9.17, 15) is 5.11 Å². The van der Waals surface area contributed by atoms with Crippen LogP contribution >= 0.6 is 0 Å². The van der Waals surface area contributed by atoms with Crippen molar-refractivity contribution < 1.29 is 14.6 Å². The molecule has 0 radical (unpaired) electrons. The van der Waals surface area contributed by atoms with E-state index in [1.807, 2.05) is 12.1 Å². The van der Waals surface area contributed by atoms with E-state index >= 15 is 0 Å². The van der Waals surface area contributed by atoms with Crippen LogP contribution in [0.15, 0.2) is 12.1 Å². The lowest BCUT2D eigenvalue weighted by atomic mass is 10.0. The Hall–Kier alpha value is -1.26. The third kappa shape index (κ3) is 3.11. The number of methoxy groups -OCH3 is 2. The first-order chi connectivity index (χ1) is 8.17. The topological polar surface area (TPSA) is 50.7 Å². The molecular formula is C13H21NO3. The van der Waals surface area contributed by atoms with Crippen LogP contribution in [0.4, 0.5) is 0 Å². The standard InChI is InChI=1S/C13H21NO3/c1-5-9-6-13(17-4)10(7-12(9)16-3)11(15)8-14-2/h6-7,11,14-15H,5,8H2,1-4H3. The number of nitrogens with one attached hydrogen (secondary N) is 1. The Morgan fingerprint density at radius 1 is 1.24 bits per heavy atom. The maximum Gasteiger partial charge on any atom is 0.125 e. The Morgan fingerprint density at radius 2 is 1.88 bits per heavy atom. The molecule has 1 aromatic rings. The van der Waals surface area contributed by atoms with Crippen molar-refractivity contribution in [1.82, 2.24) is 5.32 Å². The molecule has 0 heterocycles. The van der Waals surface area contributed by atoms with Crippen molar-refractivity contribution in [2.75, 3.05) is 27.8 Å². The van der Waals surface area contributed by atoms with Crippen LogP contribution in [0.1, 0.15) is 24.2 Å². The predicted molar refractivity (Wildman–Crippen MR) is 67.8 cm³/mol. The molecule has 0 saturated heterocycles. The zero-order chi connectivity index (χ0) is 12.8. The molecular weight excluding hydrogens is 218 g/mol. The van der Waals surface area contributed by atoms with Gasteiger partial charge in [-0.25, -0.2) is 0 Å². The Morgan fingerprint density at radius 3 is 2.35 bits per heavy atom. The Balaban J connectivity index is 3.18. The summed E-state index contributed by atoms with van der Waals surface area (Å²) < 4.78 is 10.6. The second-order valence-corrected chi connectivity index (χ2v) is 3.83. The number of aliphatic hydroxyl groups excluding tert-OH is 1. The van der Waals surface area contributed by atoms with Gasteiger partial charge in [-0.1, -0.05) is 6.92 Å². The SMILES string of the molecule is CCc1cc(OC)c(C(O)CNC)cc1OC. The smallest absolute Gasteiger partial charge is 0.125 e. The maximum atomic E-state index is 10.0. The Kier molecular flexibility index (Phi) is 5.25. The van der Waals surface area contributed by atoms with Crippen LogP contribution in [-0.2, 0) is 6.42 Å². The minimum absolute atomic E-state index is 0.477. The maximum absolute atomic E-state index is 10.0.